The van der Waals surface area contributed by atoms with Gasteiger partial charge in [0.1, 0.15) is 5.82 Å². The number of amides is 1. The Morgan fingerprint density at radius 2 is 1.77 bits per heavy atom. The van der Waals surface area contributed by atoms with Crippen LogP contribution in [0.3, 0.4) is 0 Å². The molecule has 9 heteroatoms. The molecule has 4 aromatic carbocycles. The molecule has 0 radical (unpaired) electrons. The van der Waals surface area contributed by atoms with E-state index in [2.05, 4.69) is 10.2 Å². The number of nitro benzene ring substituents is 1. The van der Waals surface area contributed by atoms with E-state index in [0.29, 0.717) is 35.3 Å². The Morgan fingerprint density at radius 1 is 1.00 bits per heavy atom. The van der Waals surface area contributed by atoms with Gasteiger partial charge in [0, 0.05) is 48.6 Å². The largest absolute Gasteiger partial charge is 0.478 e. The van der Waals surface area contributed by atoms with Crippen molar-refractivity contribution in [3.05, 3.63) is 129 Å². The van der Waals surface area contributed by atoms with E-state index < -0.39 is 10.9 Å². The van der Waals surface area contributed by atoms with Crippen molar-refractivity contribution < 1.29 is 24.0 Å². The predicted octanol–water partition coefficient (Wildman–Crippen LogP) is 5.98. The number of benzene rings is 4. The number of halogens is 1. The predicted molar refractivity (Wildman–Crippen MR) is 149 cm³/mol. The van der Waals surface area contributed by atoms with Gasteiger partial charge in [-0.1, -0.05) is 36.4 Å². The fourth-order valence-electron chi connectivity index (χ4n) is 4.99. The monoisotopic (exact) mass is 539 g/mol. The van der Waals surface area contributed by atoms with Gasteiger partial charge in [0.25, 0.3) is 11.6 Å². The highest BCUT2D eigenvalue weighted by Crippen LogP contribution is 2.32. The quantitative estimate of drug-likeness (QED) is 0.210. The van der Waals surface area contributed by atoms with E-state index in [1.807, 2.05) is 12.1 Å². The molecule has 1 aliphatic heterocycles. The number of carboxylic acid groups (broad SMARTS) is 1. The summed E-state index contributed by atoms with van der Waals surface area (Å²) < 4.78 is 14.9. The van der Waals surface area contributed by atoms with Crippen LogP contribution < -0.4 is 10.2 Å². The molecule has 40 heavy (non-hydrogen) atoms. The van der Waals surface area contributed by atoms with Crippen LogP contribution in [-0.2, 0) is 19.5 Å². The van der Waals surface area contributed by atoms with Crippen molar-refractivity contribution in [1.82, 2.24) is 5.32 Å². The Morgan fingerprint density at radius 3 is 2.52 bits per heavy atom. The van der Waals surface area contributed by atoms with Crippen molar-refractivity contribution in [2.24, 2.45) is 0 Å². The standard InChI is InChI=1S/C31H26FN3O5/c32-28-13-9-21(26-5-1-2-6-27(26)31(37)38)16-24(28)19-34-15-3-4-22-17-23(10-14-29(22)34)30(36)33-18-20-7-11-25(12-8-20)35(39)40/h1-2,5-14,16-17H,3-4,15,18-19H2,(H,33,36)(H,37,38). The second-order valence-corrected chi connectivity index (χ2v) is 9.63. The van der Waals surface area contributed by atoms with Crippen molar-refractivity contribution in [3.63, 3.8) is 0 Å². The first-order valence-electron chi connectivity index (χ1n) is 12.8. The Kier molecular flexibility index (Phi) is 7.54. The number of hydrogen-bond donors (Lipinski definition) is 2. The summed E-state index contributed by atoms with van der Waals surface area (Å²) in [6.45, 7) is 1.25. The fraction of sp³-hybridized carbons (Fsp3) is 0.161. The van der Waals surface area contributed by atoms with Gasteiger partial charge in [0.15, 0.2) is 0 Å². The molecule has 1 heterocycles. The number of hydrogen-bond acceptors (Lipinski definition) is 5. The van der Waals surface area contributed by atoms with E-state index >= 15 is 0 Å². The summed E-state index contributed by atoms with van der Waals surface area (Å²) in [7, 11) is 0. The van der Waals surface area contributed by atoms with Gasteiger partial charge in [-0.15, -0.1) is 0 Å². The molecular formula is C31H26FN3O5. The zero-order chi connectivity index (χ0) is 28.2. The van der Waals surface area contributed by atoms with Crippen molar-refractivity contribution in [2.75, 3.05) is 11.4 Å². The van der Waals surface area contributed by atoms with Gasteiger partial charge in [0.05, 0.1) is 10.5 Å². The van der Waals surface area contributed by atoms with Gasteiger partial charge in [0.2, 0.25) is 0 Å². The SMILES string of the molecule is O=C(NCc1ccc([N+](=O)[O-])cc1)c1ccc2c(c1)CCCN2Cc1cc(-c2ccccc2C(=O)O)ccc1F. The summed E-state index contributed by atoms with van der Waals surface area (Å²) >= 11 is 0. The molecule has 2 N–H and O–H groups in total. The maximum Gasteiger partial charge on any atom is 0.336 e. The van der Waals surface area contributed by atoms with Crippen LogP contribution in [0.5, 0.6) is 0 Å². The Balaban J connectivity index is 1.32. The average Bonchev–Trinajstić information content (AvgIpc) is 2.97. The summed E-state index contributed by atoms with van der Waals surface area (Å²) in [5.41, 5.74) is 4.92. The molecule has 0 fully saturated rings. The van der Waals surface area contributed by atoms with E-state index in [-0.39, 0.29) is 29.5 Å². The zero-order valence-electron chi connectivity index (χ0n) is 21.5. The fourth-order valence-corrected chi connectivity index (χ4v) is 4.99. The molecule has 0 spiro atoms. The molecule has 0 aromatic heterocycles. The van der Waals surface area contributed by atoms with Crippen LogP contribution in [0.2, 0.25) is 0 Å². The Bertz CT molecular complexity index is 1600. The summed E-state index contributed by atoms with van der Waals surface area (Å²) in [6, 6.07) is 22.8. The van der Waals surface area contributed by atoms with Gasteiger partial charge in [-0.25, -0.2) is 9.18 Å². The van der Waals surface area contributed by atoms with Crippen molar-refractivity contribution in [3.8, 4) is 11.1 Å². The van der Waals surface area contributed by atoms with Gasteiger partial charge in [-0.2, -0.15) is 0 Å². The molecule has 0 aliphatic carbocycles. The number of non-ortho nitro benzene ring substituents is 1. The van der Waals surface area contributed by atoms with Crippen molar-refractivity contribution in [1.29, 1.82) is 0 Å². The average molecular weight is 540 g/mol. The molecule has 0 atom stereocenters. The molecule has 0 saturated heterocycles. The molecule has 8 nitrogen and oxygen atoms in total. The lowest BCUT2D eigenvalue weighted by molar-refractivity contribution is -0.384. The maximum absolute atomic E-state index is 14.9. The van der Waals surface area contributed by atoms with Crippen LogP contribution >= 0.6 is 0 Å². The minimum absolute atomic E-state index is 0.00833. The molecule has 1 aliphatic rings. The highest BCUT2D eigenvalue weighted by Gasteiger charge is 2.21. The number of aromatic carboxylic acids is 1. The number of carboxylic acids is 1. The maximum atomic E-state index is 14.9. The van der Waals surface area contributed by atoms with Crippen molar-refractivity contribution in [2.45, 2.75) is 25.9 Å². The Labute approximate surface area is 229 Å². The molecular weight excluding hydrogens is 513 g/mol. The number of nitrogens with zero attached hydrogens (tertiary/aromatic N) is 2. The second-order valence-electron chi connectivity index (χ2n) is 9.63. The number of carbonyl (C=O) groups excluding carboxylic acids is 1. The third-order valence-corrected chi connectivity index (χ3v) is 7.03. The Hall–Kier alpha value is -5.05. The lowest BCUT2D eigenvalue weighted by atomic mass is 9.96. The van der Waals surface area contributed by atoms with Crippen LogP contribution in [0, 0.1) is 15.9 Å². The third-order valence-electron chi connectivity index (χ3n) is 7.03. The van der Waals surface area contributed by atoms with E-state index in [4.69, 9.17) is 0 Å². The summed E-state index contributed by atoms with van der Waals surface area (Å²) in [4.78, 5) is 36.9. The van der Waals surface area contributed by atoms with E-state index in [9.17, 15) is 29.2 Å². The number of nitrogens with one attached hydrogen (secondary N) is 1. The molecule has 0 saturated carbocycles. The van der Waals surface area contributed by atoms with Gasteiger partial charge < -0.3 is 15.3 Å². The van der Waals surface area contributed by atoms with Crippen molar-refractivity contribution >= 4 is 23.3 Å². The number of anilines is 1. The summed E-state index contributed by atoms with van der Waals surface area (Å²) in [5.74, 6) is -1.67. The lowest BCUT2D eigenvalue weighted by Crippen LogP contribution is -2.30. The third kappa shape index (κ3) is 5.68. The highest BCUT2D eigenvalue weighted by molar-refractivity contribution is 5.96. The molecule has 4 aromatic rings. The first-order valence-corrected chi connectivity index (χ1v) is 12.8. The van der Waals surface area contributed by atoms with E-state index in [1.165, 1.54) is 24.3 Å². The number of nitro groups is 1. The second kappa shape index (κ2) is 11.4. The van der Waals surface area contributed by atoms with E-state index in [0.717, 1.165) is 29.7 Å². The van der Waals surface area contributed by atoms with Gasteiger partial charge in [-0.3, -0.25) is 14.9 Å². The topological polar surface area (TPSA) is 113 Å². The molecule has 5 rings (SSSR count). The zero-order valence-corrected chi connectivity index (χ0v) is 21.5. The number of rotatable bonds is 8. The highest BCUT2D eigenvalue weighted by atomic mass is 19.1. The van der Waals surface area contributed by atoms with Crippen LogP contribution in [0.4, 0.5) is 15.8 Å². The molecule has 1 amide bonds. The number of carbonyl (C=O) groups is 2. The van der Waals surface area contributed by atoms with E-state index in [1.54, 1.807) is 48.5 Å². The first kappa shape index (κ1) is 26.6. The van der Waals surface area contributed by atoms with Gasteiger partial charge >= 0.3 is 5.97 Å². The lowest BCUT2D eigenvalue weighted by Gasteiger charge is -2.32. The molecule has 202 valence electrons. The van der Waals surface area contributed by atoms with Crippen LogP contribution in [0.25, 0.3) is 11.1 Å². The minimum atomic E-state index is -1.04. The summed E-state index contributed by atoms with van der Waals surface area (Å²) in [6.07, 6.45) is 1.62. The molecule has 0 unspecified atom stereocenters. The minimum Gasteiger partial charge on any atom is -0.478 e. The van der Waals surface area contributed by atoms with Gasteiger partial charge in [-0.05, 0) is 71.5 Å². The smallest absolute Gasteiger partial charge is 0.336 e. The first-order chi connectivity index (χ1) is 19.3. The summed E-state index contributed by atoms with van der Waals surface area (Å²) in [5, 5.41) is 23.2. The number of fused-ring (bicyclic) bond motifs is 1. The van der Waals surface area contributed by atoms with Crippen LogP contribution in [0.1, 0.15) is 43.8 Å². The normalized spacial score (nSPS) is 12.5. The van der Waals surface area contributed by atoms with Crippen LogP contribution in [-0.4, -0.2) is 28.5 Å². The number of aryl methyl sites for hydroxylation is 1. The van der Waals surface area contributed by atoms with Crippen LogP contribution in [0.15, 0.2) is 84.9 Å². The molecule has 0 bridgehead atoms.